The zero-order chi connectivity index (χ0) is 13.3. The van der Waals surface area contributed by atoms with Gasteiger partial charge in [-0.3, -0.25) is 9.78 Å². The average Bonchev–Trinajstić information content (AvgIpc) is 2.26. The molecule has 1 aromatic heterocycles. The highest BCUT2D eigenvalue weighted by Gasteiger charge is 2.34. The highest BCUT2D eigenvalue weighted by molar-refractivity contribution is 5.92. The molecular weight excluding hydrogens is 230 g/mol. The van der Waals surface area contributed by atoms with E-state index in [1.54, 1.807) is 11.1 Å². The Bertz CT molecular complexity index is 442. The number of carbonyl (C=O) groups is 1. The molecule has 1 atom stereocenters. The number of hydrogen-bond donors (Lipinski definition) is 0. The lowest BCUT2D eigenvalue weighted by Crippen LogP contribution is -2.53. The summed E-state index contributed by atoms with van der Waals surface area (Å²) >= 11 is 0. The van der Waals surface area contributed by atoms with Crippen molar-refractivity contribution < 1.29 is 9.53 Å². The molecule has 0 radical (unpaired) electrons. The van der Waals surface area contributed by atoms with Gasteiger partial charge < -0.3 is 9.64 Å². The van der Waals surface area contributed by atoms with Crippen molar-refractivity contribution in [2.75, 3.05) is 13.1 Å². The Morgan fingerprint density at radius 3 is 2.72 bits per heavy atom. The number of morpholine rings is 1. The summed E-state index contributed by atoms with van der Waals surface area (Å²) in [6.07, 6.45) is 3.18. The van der Waals surface area contributed by atoms with Gasteiger partial charge in [0.2, 0.25) is 0 Å². The Morgan fingerprint density at radius 1 is 1.44 bits per heavy atom. The number of ether oxygens (including phenoxy) is 1. The molecule has 0 N–H and O–H groups in total. The Hall–Kier alpha value is -1.49. The van der Waals surface area contributed by atoms with Crippen LogP contribution >= 0.6 is 0 Å². The molecule has 0 aliphatic carbocycles. The van der Waals surface area contributed by atoms with E-state index in [4.69, 9.17) is 4.74 Å². The molecule has 18 heavy (non-hydrogen) atoms. The third-order valence-corrected chi connectivity index (χ3v) is 2.86. The molecule has 1 fully saturated rings. The van der Waals surface area contributed by atoms with Crippen LogP contribution in [0, 0.1) is 6.92 Å². The van der Waals surface area contributed by atoms with Crippen LogP contribution in [0.1, 0.15) is 37.0 Å². The maximum atomic E-state index is 12.3. The van der Waals surface area contributed by atoms with Crippen LogP contribution in [0.3, 0.4) is 0 Å². The first-order valence-electron chi connectivity index (χ1n) is 6.13. The minimum Gasteiger partial charge on any atom is -0.369 e. The summed E-state index contributed by atoms with van der Waals surface area (Å²) in [5.74, 6) is -0.0780. The zero-order valence-electron chi connectivity index (χ0n) is 11.3. The predicted molar refractivity (Wildman–Crippen MR) is 67.3 cm³/mol. The van der Waals surface area contributed by atoms with E-state index < -0.39 is 0 Å². The third-order valence-electron chi connectivity index (χ3n) is 2.86. The lowest BCUT2D eigenvalue weighted by atomic mass is 10.1. The number of hydrogen-bond acceptors (Lipinski definition) is 4. The van der Waals surface area contributed by atoms with Crippen molar-refractivity contribution in [3.8, 4) is 0 Å². The number of aryl methyl sites for hydroxylation is 1. The summed E-state index contributed by atoms with van der Waals surface area (Å²) in [4.78, 5) is 22.3. The van der Waals surface area contributed by atoms with E-state index in [0.717, 1.165) is 5.69 Å². The van der Waals surface area contributed by atoms with Gasteiger partial charge in [-0.25, -0.2) is 4.98 Å². The minimum absolute atomic E-state index is 0.0381. The molecule has 1 aliphatic rings. The summed E-state index contributed by atoms with van der Waals surface area (Å²) in [6, 6.07) is 0. The highest BCUT2D eigenvalue weighted by Crippen LogP contribution is 2.21. The molecule has 0 spiro atoms. The smallest absolute Gasteiger partial charge is 0.274 e. The van der Waals surface area contributed by atoms with E-state index in [0.29, 0.717) is 18.8 Å². The molecule has 1 aliphatic heterocycles. The lowest BCUT2D eigenvalue weighted by Gasteiger charge is -2.41. The van der Waals surface area contributed by atoms with Gasteiger partial charge in [0.1, 0.15) is 5.69 Å². The number of amides is 1. The van der Waals surface area contributed by atoms with E-state index in [2.05, 4.69) is 9.97 Å². The molecule has 1 unspecified atom stereocenters. The molecule has 1 amide bonds. The van der Waals surface area contributed by atoms with E-state index in [1.165, 1.54) is 6.20 Å². The van der Waals surface area contributed by atoms with E-state index in [-0.39, 0.29) is 17.6 Å². The van der Waals surface area contributed by atoms with Crippen molar-refractivity contribution in [1.82, 2.24) is 14.9 Å². The molecule has 2 heterocycles. The molecular formula is C13H19N3O2. The molecule has 1 aromatic rings. The van der Waals surface area contributed by atoms with Gasteiger partial charge in [0, 0.05) is 19.3 Å². The quantitative estimate of drug-likeness (QED) is 0.755. The second-order valence-corrected chi connectivity index (χ2v) is 5.42. The maximum Gasteiger partial charge on any atom is 0.274 e. The van der Waals surface area contributed by atoms with Gasteiger partial charge in [-0.05, 0) is 27.7 Å². The first kappa shape index (κ1) is 13.0. The normalized spacial score (nSPS) is 22.9. The molecule has 0 bridgehead atoms. The number of carbonyl (C=O) groups excluding carboxylic acids is 1. The van der Waals surface area contributed by atoms with Gasteiger partial charge in [0.15, 0.2) is 0 Å². The van der Waals surface area contributed by atoms with Crippen LogP contribution in [0.15, 0.2) is 12.4 Å². The highest BCUT2D eigenvalue weighted by atomic mass is 16.5. The molecule has 1 saturated heterocycles. The molecule has 5 nitrogen and oxygen atoms in total. The maximum absolute atomic E-state index is 12.3. The second kappa shape index (κ2) is 4.65. The van der Waals surface area contributed by atoms with Crippen LogP contribution < -0.4 is 0 Å². The molecule has 0 saturated carbocycles. The zero-order valence-corrected chi connectivity index (χ0v) is 11.3. The van der Waals surface area contributed by atoms with Crippen molar-refractivity contribution in [2.45, 2.75) is 39.4 Å². The fourth-order valence-electron chi connectivity index (χ4n) is 2.27. The summed E-state index contributed by atoms with van der Waals surface area (Å²) in [7, 11) is 0. The minimum atomic E-state index is -0.314. The fourth-order valence-corrected chi connectivity index (χ4v) is 2.27. The first-order valence-corrected chi connectivity index (χ1v) is 6.13. The fraction of sp³-hybridized carbons (Fsp3) is 0.615. The van der Waals surface area contributed by atoms with Crippen molar-refractivity contribution in [3.63, 3.8) is 0 Å². The summed E-state index contributed by atoms with van der Waals surface area (Å²) in [6.45, 7) is 8.97. The Balaban J connectivity index is 2.16. The monoisotopic (exact) mass is 249 g/mol. The predicted octanol–water partition coefficient (Wildman–Crippen LogP) is 1.42. The molecule has 5 heteroatoms. The third kappa shape index (κ3) is 2.85. The summed E-state index contributed by atoms with van der Waals surface area (Å²) in [5, 5.41) is 0. The van der Waals surface area contributed by atoms with Crippen LogP contribution in [0.25, 0.3) is 0 Å². The van der Waals surface area contributed by atoms with E-state index in [9.17, 15) is 4.79 Å². The first-order chi connectivity index (χ1) is 8.37. The standard InChI is InChI=1S/C13H19N3O2/c1-9-5-15-11(6-14-9)12(17)16-7-10(2)18-13(3,4)8-16/h5-6,10H,7-8H2,1-4H3. The Kier molecular flexibility index (Phi) is 3.34. The van der Waals surface area contributed by atoms with Crippen molar-refractivity contribution in [2.24, 2.45) is 0 Å². The van der Waals surface area contributed by atoms with Crippen LogP contribution in [0.5, 0.6) is 0 Å². The van der Waals surface area contributed by atoms with Crippen LogP contribution in [0.2, 0.25) is 0 Å². The van der Waals surface area contributed by atoms with Crippen molar-refractivity contribution in [1.29, 1.82) is 0 Å². The van der Waals surface area contributed by atoms with Crippen LogP contribution in [-0.2, 0) is 4.74 Å². The van der Waals surface area contributed by atoms with Gasteiger partial charge in [0.05, 0.1) is 23.6 Å². The molecule has 98 valence electrons. The number of rotatable bonds is 1. The van der Waals surface area contributed by atoms with Crippen molar-refractivity contribution in [3.05, 3.63) is 23.8 Å². The Labute approximate surface area is 107 Å². The van der Waals surface area contributed by atoms with Gasteiger partial charge in [-0.15, -0.1) is 0 Å². The molecule has 2 rings (SSSR count). The van der Waals surface area contributed by atoms with E-state index in [1.807, 2.05) is 27.7 Å². The van der Waals surface area contributed by atoms with Gasteiger partial charge in [-0.1, -0.05) is 0 Å². The number of aromatic nitrogens is 2. The SMILES string of the molecule is Cc1cnc(C(=O)N2CC(C)OC(C)(C)C2)cn1. The van der Waals surface area contributed by atoms with Gasteiger partial charge >= 0.3 is 0 Å². The van der Waals surface area contributed by atoms with Crippen LogP contribution in [0.4, 0.5) is 0 Å². The van der Waals surface area contributed by atoms with Gasteiger partial charge in [-0.2, -0.15) is 0 Å². The Morgan fingerprint density at radius 2 is 2.17 bits per heavy atom. The average molecular weight is 249 g/mol. The second-order valence-electron chi connectivity index (χ2n) is 5.42. The number of nitrogens with zero attached hydrogens (tertiary/aromatic N) is 3. The van der Waals surface area contributed by atoms with E-state index >= 15 is 0 Å². The largest absolute Gasteiger partial charge is 0.369 e. The lowest BCUT2D eigenvalue weighted by molar-refractivity contribution is -0.118. The molecule has 0 aromatic carbocycles. The summed E-state index contributed by atoms with van der Waals surface area (Å²) < 4.78 is 5.78. The van der Waals surface area contributed by atoms with Gasteiger partial charge in [0.25, 0.3) is 5.91 Å². The van der Waals surface area contributed by atoms with Crippen molar-refractivity contribution >= 4 is 5.91 Å². The summed E-state index contributed by atoms with van der Waals surface area (Å²) in [5.41, 5.74) is 0.888. The van der Waals surface area contributed by atoms with Crippen LogP contribution in [-0.4, -0.2) is 45.6 Å². The topological polar surface area (TPSA) is 55.3 Å².